The molecule has 1 aliphatic rings. The van der Waals surface area contributed by atoms with Crippen LogP contribution in [0.2, 0.25) is 0 Å². The quantitative estimate of drug-likeness (QED) is 0.840. The first-order valence-corrected chi connectivity index (χ1v) is 7.43. The van der Waals surface area contributed by atoms with Gasteiger partial charge in [-0.2, -0.15) is 5.10 Å². The standard InChI is InChI=1S/C15H21N5/c1-11-13(10-17-20-11)14-8-9-16-15(19-14)18-12-6-4-2-3-5-7-12/h8-10,12H,2-7H2,1H3,(H,17,20)(H,16,18,19). The molecule has 2 N–H and O–H groups in total. The number of aromatic amines is 1. The third-order valence-corrected chi connectivity index (χ3v) is 3.95. The summed E-state index contributed by atoms with van der Waals surface area (Å²) in [5.41, 5.74) is 2.99. The van der Waals surface area contributed by atoms with Crippen molar-refractivity contribution in [3.63, 3.8) is 0 Å². The van der Waals surface area contributed by atoms with Crippen molar-refractivity contribution in [1.82, 2.24) is 20.2 Å². The molecule has 106 valence electrons. The highest BCUT2D eigenvalue weighted by Crippen LogP contribution is 2.22. The number of aryl methyl sites for hydroxylation is 1. The van der Waals surface area contributed by atoms with Crippen molar-refractivity contribution < 1.29 is 0 Å². The maximum Gasteiger partial charge on any atom is 0.223 e. The molecule has 5 nitrogen and oxygen atoms in total. The Hall–Kier alpha value is -1.91. The molecule has 5 heteroatoms. The first-order valence-electron chi connectivity index (χ1n) is 7.43. The van der Waals surface area contributed by atoms with Gasteiger partial charge in [0.15, 0.2) is 0 Å². The van der Waals surface area contributed by atoms with E-state index in [4.69, 9.17) is 0 Å². The van der Waals surface area contributed by atoms with Gasteiger partial charge >= 0.3 is 0 Å². The van der Waals surface area contributed by atoms with E-state index in [1.165, 1.54) is 38.5 Å². The van der Waals surface area contributed by atoms with Crippen molar-refractivity contribution in [2.45, 2.75) is 51.5 Å². The van der Waals surface area contributed by atoms with Crippen LogP contribution in [0.1, 0.15) is 44.2 Å². The lowest BCUT2D eigenvalue weighted by Gasteiger charge is -2.16. The molecule has 1 saturated carbocycles. The van der Waals surface area contributed by atoms with Crippen LogP contribution in [-0.2, 0) is 0 Å². The molecule has 0 aliphatic heterocycles. The van der Waals surface area contributed by atoms with Gasteiger partial charge in [-0.15, -0.1) is 0 Å². The van der Waals surface area contributed by atoms with E-state index in [0.717, 1.165) is 22.9 Å². The maximum atomic E-state index is 4.62. The lowest BCUT2D eigenvalue weighted by Crippen LogP contribution is -2.19. The van der Waals surface area contributed by atoms with Gasteiger partial charge in [-0.1, -0.05) is 25.7 Å². The number of H-pyrrole nitrogens is 1. The predicted molar refractivity (Wildman–Crippen MR) is 79.5 cm³/mol. The molecule has 0 spiro atoms. The van der Waals surface area contributed by atoms with Gasteiger partial charge in [0.05, 0.1) is 11.9 Å². The van der Waals surface area contributed by atoms with Crippen LogP contribution in [0.5, 0.6) is 0 Å². The van der Waals surface area contributed by atoms with Crippen LogP contribution < -0.4 is 5.32 Å². The second-order valence-electron chi connectivity index (χ2n) is 5.51. The number of aromatic nitrogens is 4. The number of hydrogen-bond donors (Lipinski definition) is 2. The largest absolute Gasteiger partial charge is 0.351 e. The first kappa shape index (κ1) is 13.1. The Kier molecular flexibility index (Phi) is 3.95. The fourth-order valence-corrected chi connectivity index (χ4v) is 2.79. The highest BCUT2D eigenvalue weighted by molar-refractivity contribution is 5.61. The van der Waals surface area contributed by atoms with E-state index in [2.05, 4.69) is 25.5 Å². The van der Waals surface area contributed by atoms with Crippen LogP contribution in [0.3, 0.4) is 0 Å². The van der Waals surface area contributed by atoms with E-state index in [-0.39, 0.29) is 0 Å². The summed E-state index contributed by atoms with van der Waals surface area (Å²) in [7, 11) is 0. The fourth-order valence-electron chi connectivity index (χ4n) is 2.79. The van der Waals surface area contributed by atoms with Crippen molar-refractivity contribution in [2.24, 2.45) is 0 Å². The summed E-state index contributed by atoms with van der Waals surface area (Å²) < 4.78 is 0. The maximum absolute atomic E-state index is 4.62. The van der Waals surface area contributed by atoms with Crippen molar-refractivity contribution in [1.29, 1.82) is 0 Å². The number of nitrogens with one attached hydrogen (secondary N) is 2. The van der Waals surface area contributed by atoms with Gasteiger partial charge < -0.3 is 5.32 Å². The minimum atomic E-state index is 0.512. The molecule has 0 atom stereocenters. The zero-order valence-electron chi connectivity index (χ0n) is 11.9. The van der Waals surface area contributed by atoms with Gasteiger partial charge in [-0.05, 0) is 25.8 Å². The smallest absolute Gasteiger partial charge is 0.223 e. The number of hydrogen-bond acceptors (Lipinski definition) is 4. The zero-order valence-corrected chi connectivity index (χ0v) is 11.9. The van der Waals surface area contributed by atoms with Gasteiger partial charge in [0.1, 0.15) is 0 Å². The Labute approximate surface area is 119 Å². The summed E-state index contributed by atoms with van der Waals surface area (Å²) in [5.74, 6) is 0.731. The minimum absolute atomic E-state index is 0.512. The van der Waals surface area contributed by atoms with Crippen molar-refractivity contribution in [3.8, 4) is 11.3 Å². The molecule has 0 saturated heterocycles. The third-order valence-electron chi connectivity index (χ3n) is 3.95. The van der Waals surface area contributed by atoms with Gasteiger partial charge in [0.2, 0.25) is 5.95 Å². The lowest BCUT2D eigenvalue weighted by atomic mass is 10.1. The second-order valence-corrected chi connectivity index (χ2v) is 5.51. The van der Waals surface area contributed by atoms with E-state index in [1.807, 2.05) is 25.4 Å². The fraction of sp³-hybridized carbons (Fsp3) is 0.533. The lowest BCUT2D eigenvalue weighted by molar-refractivity contribution is 0.615. The van der Waals surface area contributed by atoms with Crippen molar-refractivity contribution >= 4 is 5.95 Å². The highest BCUT2D eigenvalue weighted by Gasteiger charge is 2.14. The monoisotopic (exact) mass is 271 g/mol. The molecule has 3 rings (SSSR count). The molecule has 0 bridgehead atoms. The minimum Gasteiger partial charge on any atom is -0.351 e. The highest BCUT2D eigenvalue weighted by atomic mass is 15.1. The summed E-state index contributed by atoms with van der Waals surface area (Å²) in [6.07, 6.45) is 11.4. The molecule has 0 aromatic carbocycles. The number of nitrogens with zero attached hydrogens (tertiary/aromatic N) is 3. The van der Waals surface area contributed by atoms with Crippen LogP contribution in [0.4, 0.5) is 5.95 Å². The SMILES string of the molecule is Cc1[nH]ncc1-c1ccnc(NC2CCCCCC2)n1. The Balaban J connectivity index is 1.76. The Morgan fingerprint density at radius 1 is 1.20 bits per heavy atom. The molecular weight excluding hydrogens is 250 g/mol. The van der Waals surface area contributed by atoms with Gasteiger partial charge in [0, 0.05) is 23.5 Å². The summed E-state index contributed by atoms with van der Waals surface area (Å²) >= 11 is 0. The van der Waals surface area contributed by atoms with E-state index in [1.54, 1.807) is 0 Å². The topological polar surface area (TPSA) is 66.5 Å². The number of anilines is 1. The molecule has 1 aliphatic carbocycles. The molecule has 2 aromatic heterocycles. The van der Waals surface area contributed by atoms with Gasteiger partial charge in [-0.25, -0.2) is 9.97 Å². The number of rotatable bonds is 3. The van der Waals surface area contributed by atoms with E-state index < -0.39 is 0 Å². The molecule has 2 heterocycles. The van der Waals surface area contributed by atoms with E-state index >= 15 is 0 Å². The molecule has 0 amide bonds. The van der Waals surface area contributed by atoms with Crippen LogP contribution in [-0.4, -0.2) is 26.2 Å². The summed E-state index contributed by atoms with van der Waals surface area (Å²) in [6, 6.07) is 2.44. The predicted octanol–water partition coefficient (Wildman–Crippen LogP) is 3.31. The van der Waals surface area contributed by atoms with E-state index in [9.17, 15) is 0 Å². The molecule has 0 radical (unpaired) electrons. The second kappa shape index (κ2) is 6.03. The van der Waals surface area contributed by atoms with Gasteiger partial charge in [0.25, 0.3) is 0 Å². The normalized spacial score (nSPS) is 16.9. The van der Waals surface area contributed by atoms with Crippen molar-refractivity contribution in [2.75, 3.05) is 5.32 Å². The Morgan fingerprint density at radius 3 is 2.70 bits per heavy atom. The molecule has 1 fully saturated rings. The summed E-state index contributed by atoms with van der Waals surface area (Å²) in [6.45, 7) is 2.00. The average molecular weight is 271 g/mol. The Bertz CT molecular complexity index is 555. The van der Waals surface area contributed by atoms with Crippen LogP contribution in [0.15, 0.2) is 18.5 Å². The first-order chi connectivity index (χ1) is 9.83. The van der Waals surface area contributed by atoms with Crippen LogP contribution >= 0.6 is 0 Å². The molecule has 20 heavy (non-hydrogen) atoms. The van der Waals surface area contributed by atoms with Crippen molar-refractivity contribution in [3.05, 3.63) is 24.2 Å². The average Bonchev–Trinajstić information content (AvgIpc) is 2.72. The summed E-state index contributed by atoms with van der Waals surface area (Å²) in [4.78, 5) is 8.97. The van der Waals surface area contributed by atoms with Crippen LogP contribution in [0.25, 0.3) is 11.3 Å². The Morgan fingerprint density at radius 2 is 2.00 bits per heavy atom. The summed E-state index contributed by atoms with van der Waals surface area (Å²) in [5, 5.41) is 10.5. The van der Waals surface area contributed by atoms with Gasteiger partial charge in [-0.3, -0.25) is 5.10 Å². The molecule has 2 aromatic rings. The van der Waals surface area contributed by atoms with E-state index in [0.29, 0.717) is 6.04 Å². The third kappa shape index (κ3) is 2.98. The molecule has 0 unspecified atom stereocenters. The molecular formula is C15H21N5. The zero-order chi connectivity index (χ0) is 13.8. The van der Waals surface area contributed by atoms with Crippen LogP contribution in [0, 0.1) is 6.92 Å².